The molecule has 0 spiro atoms. The number of nitrogen functional groups attached to an aromatic ring is 1. The Hall–Kier alpha value is -2.78. The normalized spacial score (nSPS) is 18.3. The number of hydrogen-bond acceptors (Lipinski definition) is 8. The van der Waals surface area contributed by atoms with Crippen LogP contribution in [0.3, 0.4) is 0 Å². The van der Waals surface area contributed by atoms with E-state index in [1.54, 1.807) is 18.2 Å². The lowest BCUT2D eigenvalue weighted by Crippen LogP contribution is -2.31. The molecule has 7 N–H and O–H groups in total. The Morgan fingerprint density at radius 2 is 1.91 bits per heavy atom. The number of rotatable bonds is 3. The second-order valence-electron chi connectivity index (χ2n) is 4.20. The number of carbonyl (C=O) groups excluding carboxylic acids is 1. The Balaban J connectivity index is 0.000000224. The number of cyclic esters (lactones) is 1. The number of aliphatic hydroxyl groups excluding tert-OH is 4. The monoisotopic (exact) mass is 313 g/mol. The number of carboxylic acid groups (broad SMARTS) is 1. The van der Waals surface area contributed by atoms with E-state index in [1.807, 2.05) is 0 Å². The Morgan fingerprint density at radius 1 is 1.32 bits per heavy atom. The van der Waals surface area contributed by atoms with Crippen LogP contribution in [0.25, 0.3) is 0 Å². The number of aromatic carboxylic acids is 1. The van der Waals surface area contributed by atoms with E-state index in [1.165, 1.54) is 6.07 Å². The van der Waals surface area contributed by atoms with Gasteiger partial charge >= 0.3 is 11.9 Å². The number of aliphatic hydroxyl groups is 4. The number of nitrogens with two attached hydrogens (primary N) is 1. The Morgan fingerprint density at radius 3 is 2.27 bits per heavy atom. The molecule has 0 bridgehead atoms. The molecule has 1 aromatic rings. The molecule has 0 amide bonds. The highest BCUT2D eigenvalue weighted by Gasteiger charge is 2.38. The van der Waals surface area contributed by atoms with E-state index in [0.29, 0.717) is 5.69 Å². The van der Waals surface area contributed by atoms with Gasteiger partial charge in [0, 0.05) is 5.69 Å². The summed E-state index contributed by atoms with van der Waals surface area (Å²) in [5.74, 6) is -3.77. The van der Waals surface area contributed by atoms with Crippen LogP contribution in [0.15, 0.2) is 35.8 Å². The molecule has 0 saturated carbocycles. The third kappa shape index (κ3) is 3.87. The predicted octanol–water partition coefficient (Wildman–Crippen LogP) is -0.440. The summed E-state index contributed by atoms with van der Waals surface area (Å²) < 4.78 is 4.32. The van der Waals surface area contributed by atoms with Gasteiger partial charge < -0.3 is 36.0 Å². The molecule has 22 heavy (non-hydrogen) atoms. The van der Waals surface area contributed by atoms with Crippen molar-refractivity contribution in [2.24, 2.45) is 0 Å². The van der Waals surface area contributed by atoms with Gasteiger partial charge in [0.05, 0.1) is 12.2 Å². The largest absolute Gasteiger partial charge is 0.505 e. The molecule has 2 rings (SSSR count). The maximum Gasteiger partial charge on any atom is 0.377 e. The topological polar surface area (TPSA) is 171 Å². The molecule has 0 unspecified atom stereocenters. The van der Waals surface area contributed by atoms with Gasteiger partial charge in [-0.15, -0.1) is 0 Å². The Bertz CT molecular complexity index is 597. The van der Waals surface area contributed by atoms with Crippen molar-refractivity contribution in [2.75, 3.05) is 12.3 Å². The van der Waals surface area contributed by atoms with Crippen LogP contribution in [0.1, 0.15) is 10.4 Å². The SMILES string of the molecule is Nc1ccccc1C(=O)O.O=C1O[C@H]([C@@H](O)CO)C(O)=C1O. The average molecular weight is 313 g/mol. The van der Waals surface area contributed by atoms with Gasteiger partial charge in [-0.1, -0.05) is 12.1 Å². The number of esters is 1. The number of para-hydroxylation sites is 1. The van der Waals surface area contributed by atoms with Gasteiger partial charge in [-0.3, -0.25) is 0 Å². The molecule has 120 valence electrons. The number of benzene rings is 1. The van der Waals surface area contributed by atoms with Crippen LogP contribution in [0.2, 0.25) is 0 Å². The molecular weight excluding hydrogens is 298 g/mol. The summed E-state index contributed by atoms with van der Waals surface area (Å²) in [7, 11) is 0. The predicted molar refractivity (Wildman–Crippen MR) is 73.1 cm³/mol. The van der Waals surface area contributed by atoms with Gasteiger partial charge in [0.25, 0.3) is 0 Å². The lowest BCUT2D eigenvalue weighted by molar-refractivity contribution is -0.147. The summed E-state index contributed by atoms with van der Waals surface area (Å²) in [6, 6.07) is 6.36. The maximum atomic E-state index is 10.5. The van der Waals surface area contributed by atoms with E-state index in [4.69, 9.17) is 31.3 Å². The van der Waals surface area contributed by atoms with Gasteiger partial charge in [0.15, 0.2) is 11.9 Å². The van der Waals surface area contributed by atoms with Gasteiger partial charge in [-0.2, -0.15) is 0 Å². The van der Waals surface area contributed by atoms with Crippen molar-refractivity contribution in [2.45, 2.75) is 12.2 Å². The molecule has 0 radical (unpaired) electrons. The van der Waals surface area contributed by atoms with Crippen LogP contribution in [-0.2, 0) is 9.53 Å². The summed E-state index contributed by atoms with van der Waals surface area (Å²) >= 11 is 0. The van der Waals surface area contributed by atoms with Crippen LogP contribution in [-0.4, -0.2) is 56.3 Å². The lowest BCUT2D eigenvalue weighted by Gasteiger charge is -2.13. The van der Waals surface area contributed by atoms with Crippen molar-refractivity contribution in [3.8, 4) is 0 Å². The van der Waals surface area contributed by atoms with E-state index >= 15 is 0 Å². The number of carbonyl (C=O) groups is 2. The van der Waals surface area contributed by atoms with Crippen molar-refractivity contribution in [1.29, 1.82) is 0 Å². The Kier molecular flexibility index (Phi) is 5.72. The van der Waals surface area contributed by atoms with Crippen LogP contribution in [0.5, 0.6) is 0 Å². The first-order chi connectivity index (χ1) is 10.3. The molecule has 0 fully saturated rings. The van der Waals surface area contributed by atoms with E-state index in [0.717, 1.165) is 0 Å². The fourth-order valence-electron chi connectivity index (χ4n) is 1.51. The smallest absolute Gasteiger partial charge is 0.377 e. The van der Waals surface area contributed by atoms with Crippen molar-refractivity contribution >= 4 is 17.6 Å². The zero-order chi connectivity index (χ0) is 16.9. The summed E-state index contributed by atoms with van der Waals surface area (Å²) in [4.78, 5) is 20.9. The first kappa shape index (κ1) is 17.3. The van der Waals surface area contributed by atoms with E-state index < -0.39 is 42.3 Å². The van der Waals surface area contributed by atoms with Crippen molar-refractivity contribution in [3.63, 3.8) is 0 Å². The molecule has 1 heterocycles. The van der Waals surface area contributed by atoms with Crippen LogP contribution < -0.4 is 5.73 Å². The first-order valence-electron chi connectivity index (χ1n) is 5.99. The zero-order valence-corrected chi connectivity index (χ0v) is 11.2. The number of ether oxygens (including phenoxy) is 1. The summed E-state index contributed by atoms with van der Waals surface area (Å²) in [6.45, 7) is -0.671. The average Bonchev–Trinajstić information content (AvgIpc) is 2.75. The van der Waals surface area contributed by atoms with Gasteiger partial charge in [0.1, 0.15) is 6.10 Å². The molecular formula is C13H15NO8. The molecule has 9 nitrogen and oxygen atoms in total. The standard InChI is InChI=1S/C7H7NO2.C6H8O6/c8-6-4-2-1-3-5(6)7(9)10;7-1-2(8)5-3(9)4(10)6(11)12-5/h1-4H,8H2,(H,9,10);2,5,7-10H,1H2/t;2-,5+/m.0/s1. The quantitative estimate of drug-likeness (QED) is 0.319. The highest BCUT2D eigenvalue weighted by Crippen LogP contribution is 2.20. The summed E-state index contributed by atoms with van der Waals surface area (Å²) in [5, 5.41) is 43.5. The van der Waals surface area contributed by atoms with E-state index in [9.17, 15) is 9.59 Å². The number of anilines is 1. The molecule has 1 aliphatic rings. The minimum atomic E-state index is -1.42. The molecule has 0 aliphatic carbocycles. The second kappa shape index (κ2) is 7.29. The van der Waals surface area contributed by atoms with Crippen molar-refractivity contribution < 1.29 is 39.9 Å². The first-order valence-corrected chi connectivity index (χ1v) is 5.99. The fourth-order valence-corrected chi connectivity index (χ4v) is 1.51. The minimum Gasteiger partial charge on any atom is -0.505 e. The van der Waals surface area contributed by atoms with Gasteiger partial charge in [0.2, 0.25) is 5.76 Å². The van der Waals surface area contributed by atoms with Gasteiger partial charge in [-0.05, 0) is 12.1 Å². The second-order valence-corrected chi connectivity index (χ2v) is 4.20. The van der Waals surface area contributed by atoms with Crippen LogP contribution in [0.4, 0.5) is 5.69 Å². The van der Waals surface area contributed by atoms with Crippen LogP contribution in [0, 0.1) is 0 Å². The van der Waals surface area contributed by atoms with E-state index in [2.05, 4.69) is 4.74 Å². The molecule has 0 aromatic heterocycles. The molecule has 1 aliphatic heterocycles. The number of carboxylic acids is 1. The minimum absolute atomic E-state index is 0.155. The maximum absolute atomic E-state index is 10.5. The van der Waals surface area contributed by atoms with Crippen molar-refractivity contribution in [3.05, 3.63) is 41.3 Å². The third-order valence-electron chi connectivity index (χ3n) is 2.67. The van der Waals surface area contributed by atoms with Gasteiger partial charge in [-0.25, -0.2) is 9.59 Å². The third-order valence-corrected chi connectivity index (χ3v) is 2.67. The fraction of sp³-hybridized carbons (Fsp3) is 0.231. The Labute approximate surface area is 124 Å². The summed E-state index contributed by atoms with van der Waals surface area (Å²) in [5.41, 5.74) is 5.80. The van der Waals surface area contributed by atoms with Crippen LogP contribution >= 0.6 is 0 Å². The molecule has 1 aromatic carbocycles. The molecule has 0 saturated heterocycles. The highest BCUT2D eigenvalue weighted by atomic mass is 16.6. The van der Waals surface area contributed by atoms with E-state index in [-0.39, 0.29) is 5.56 Å². The highest BCUT2D eigenvalue weighted by molar-refractivity contribution is 5.93. The summed E-state index contributed by atoms with van der Waals surface area (Å²) in [6.07, 6.45) is -2.78. The zero-order valence-electron chi connectivity index (χ0n) is 11.2. The number of hydrogen-bond donors (Lipinski definition) is 6. The molecule has 2 atom stereocenters. The van der Waals surface area contributed by atoms with Crippen molar-refractivity contribution in [1.82, 2.24) is 0 Å². The lowest BCUT2D eigenvalue weighted by atomic mass is 10.2. The molecule has 9 heteroatoms.